The molecule has 0 aromatic carbocycles. The van der Waals surface area contributed by atoms with Crippen LogP contribution in [0.25, 0.3) is 0 Å². The maximum Gasteiger partial charge on any atom is 0.0786 e. The van der Waals surface area contributed by atoms with Crippen LogP contribution in [-0.2, 0) is 0 Å². The van der Waals surface area contributed by atoms with Gasteiger partial charge < -0.3 is 8.97 Å². The zero-order chi connectivity index (χ0) is 27.5. The molecule has 0 aromatic heterocycles. The van der Waals surface area contributed by atoms with Crippen LogP contribution in [0.2, 0.25) is 0 Å². The van der Waals surface area contributed by atoms with Crippen molar-refractivity contribution >= 4 is 0 Å². The van der Waals surface area contributed by atoms with Gasteiger partial charge in [0.05, 0.1) is 52.4 Å². The largest absolute Gasteiger partial charge is 0.324 e. The molecule has 0 atom stereocenters. The summed E-state index contributed by atoms with van der Waals surface area (Å²) in [4.78, 5) is 0. The Hall–Kier alpha value is -0.0800. The van der Waals surface area contributed by atoms with Crippen LogP contribution in [0.4, 0.5) is 0 Å². The summed E-state index contributed by atoms with van der Waals surface area (Å²) in [5.74, 6) is 0. The second-order valence-electron chi connectivity index (χ2n) is 12.8. The van der Waals surface area contributed by atoms with Crippen molar-refractivity contribution in [2.75, 3.05) is 52.4 Å². The third-order valence-electron chi connectivity index (χ3n) is 9.18. The average Bonchev–Trinajstić information content (AvgIpc) is 2.92. The summed E-state index contributed by atoms with van der Waals surface area (Å²) in [6.07, 6.45) is 29.9. The lowest BCUT2D eigenvalue weighted by Crippen LogP contribution is -2.50. The Morgan fingerprint density at radius 3 is 0.568 bits per heavy atom. The monoisotopic (exact) mass is 525 g/mol. The van der Waals surface area contributed by atoms with Gasteiger partial charge in [-0.1, -0.05) is 112 Å². The van der Waals surface area contributed by atoms with E-state index in [0.29, 0.717) is 0 Å². The van der Waals surface area contributed by atoms with Gasteiger partial charge in [-0.15, -0.1) is 0 Å². The Labute approximate surface area is 237 Å². The molecule has 0 bridgehead atoms. The van der Waals surface area contributed by atoms with E-state index in [2.05, 4.69) is 41.5 Å². The zero-order valence-electron chi connectivity index (χ0n) is 27.4. The molecule has 0 spiro atoms. The number of nitrogens with zero attached hydrogens (tertiary/aromatic N) is 2. The second kappa shape index (κ2) is 26.2. The first-order valence-electron chi connectivity index (χ1n) is 17.8. The fourth-order valence-electron chi connectivity index (χ4n) is 6.43. The van der Waals surface area contributed by atoms with Crippen LogP contribution in [0.1, 0.15) is 176 Å². The van der Waals surface area contributed by atoms with E-state index in [1.165, 1.54) is 196 Å². The van der Waals surface area contributed by atoms with Gasteiger partial charge in [-0.05, 0) is 64.2 Å². The van der Waals surface area contributed by atoms with E-state index in [0.717, 1.165) is 0 Å². The van der Waals surface area contributed by atoms with Gasteiger partial charge in [-0.3, -0.25) is 0 Å². The third-order valence-corrected chi connectivity index (χ3v) is 9.18. The molecule has 0 amide bonds. The lowest BCUT2D eigenvalue weighted by Gasteiger charge is -2.39. The maximum atomic E-state index is 2.37. The number of hydrogen-bond acceptors (Lipinski definition) is 0. The van der Waals surface area contributed by atoms with Crippen LogP contribution >= 0.6 is 0 Å². The number of rotatable bonds is 30. The van der Waals surface area contributed by atoms with Gasteiger partial charge >= 0.3 is 0 Å². The van der Waals surface area contributed by atoms with Crippen molar-refractivity contribution in [1.82, 2.24) is 0 Å². The van der Waals surface area contributed by atoms with E-state index in [1.807, 2.05) is 0 Å². The van der Waals surface area contributed by atoms with E-state index in [4.69, 9.17) is 0 Å². The van der Waals surface area contributed by atoms with Crippen molar-refractivity contribution in [3.63, 3.8) is 0 Å². The standard InChI is InChI=1S/C35H76N2/c1-7-13-28-36(29-14-8-2,30-15-9-3)34-26-24-22-20-19-21-23-25-27-35-37(31-16-10-4,32-17-11-5)33-18-12-6/h7-35H2,1-6H3/q+2. The van der Waals surface area contributed by atoms with Crippen LogP contribution in [0.5, 0.6) is 0 Å². The van der Waals surface area contributed by atoms with Gasteiger partial charge in [0.15, 0.2) is 0 Å². The lowest BCUT2D eigenvalue weighted by molar-refractivity contribution is -0.929. The molecule has 224 valence electrons. The Morgan fingerprint density at radius 2 is 0.378 bits per heavy atom. The lowest BCUT2D eigenvalue weighted by atomic mass is 10.0. The normalized spacial score (nSPS) is 12.5. The van der Waals surface area contributed by atoms with E-state index in [9.17, 15) is 0 Å². The van der Waals surface area contributed by atoms with E-state index < -0.39 is 0 Å². The van der Waals surface area contributed by atoms with Crippen LogP contribution in [0, 0.1) is 0 Å². The van der Waals surface area contributed by atoms with Crippen LogP contribution in [0.15, 0.2) is 0 Å². The Kier molecular flexibility index (Phi) is 26.1. The van der Waals surface area contributed by atoms with E-state index >= 15 is 0 Å². The third kappa shape index (κ3) is 19.6. The highest BCUT2D eigenvalue weighted by Crippen LogP contribution is 2.20. The molecule has 0 saturated carbocycles. The van der Waals surface area contributed by atoms with Gasteiger partial charge in [-0.25, -0.2) is 0 Å². The quantitative estimate of drug-likeness (QED) is 0.0647. The molecule has 0 rings (SSSR count). The minimum atomic E-state index is 1.36. The smallest absolute Gasteiger partial charge is 0.0786 e. The number of unbranched alkanes of at least 4 members (excludes halogenated alkanes) is 14. The van der Waals surface area contributed by atoms with Crippen molar-refractivity contribution in [2.45, 2.75) is 176 Å². The molecule has 0 N–H and O–H groups in total. The summed E-state index contributed by atoms with van der Waals surface area (Å²) in [7, 11) is 0. The van der Waals surface area contributed by atoms with Crippen LogP contribution in [-0.4, -0.2) is 61.3 Å². The van der Waals surface area contributed by atoms with Gasteiger partial charge in [0, 0.05) is 0 Å². The first kappa shape index (κ1) is 36.9. The molecule has 0 heterocycles. The molecular weight excluding hydrogens is 448 g/mol. The van der Waals surface area contributed by atoms with E-state index in [-0.39, 0.29) is 0 Å². The summed E-state index contributed by atoms with van der Waals surface area (Å²) in [5.41, 5.74) is 0. The van der Waals surface area contributed by atoms with Crippen molar-refractivity contribution < 1.29 is 8.97 Å². The summed E-state index contributed by atoms with van der Waals surface area (Å²) in [6.45, 7) is 25.7. The van der Waals surface area contributed by atoms with Gasteiger partial charge in [0.25, 0.3) is 0 Å². The second-order valence-corrected chi connectivity index (χ2v) is 12.8. The SMILES string of the molecule is CCCC[N+](CCCC)(CCCC)CCCCCCCCCCC[N+](CCCC)(CCCC)CCCC. The van der Waals surface area contributed by atoms with Gasteiger partial charge in [0.1, 0.15) is 0 Å². The first-order chi connectivity index (χ1) is 18.1. The molecule has 0 aliphatic heterocycles. The fraction of sp³-hybridized carbons (Fsp3) is 1.00. The Morgan fingerprint density at radius 1 is 0.216 bits per heavy atom. The number of hydrogen-bond donors (Lipinski definition) is 0. The maximum absolute atomic E-state index is 2.37. The topological polar surface area (TPSA) is 0 Å². The molecule has 0 saturated heterocycles. The van der Waals surface area contributed by atoms with Crippen molar-refractivity contribution in [3.8, 4) is 0 Å². The van der Waals surface area contributed by atoms with Crippen LogP contribution in [0.3, 0.4) is 0 Å². The Bertz CT molecular complexity index is 363. The minimum Gasteiger partial charge on any atom is -0.324 e. The highest BCUT2D eigenvalue weighted by molar-refractivity contribution is 4.54. The molecular formula is C35H76N2+2. The molecule has 0 aliphatic carbocycles. The molecule has 2 heteroatoms. The summed E-state index contributed by atoms with van der Waals surface area (Å²) in [5, 5.41) is 0. The summed E-state index contributed by atoms with van der Waals surface area (Å²) < 4.78 is 2.87. The average molecular weight is 525 g/mol. The molecule has 0 fully saturated rings. The zero-order valence-corrected chi connectivity index (χ0v) is 27.4. The van der Waals surface area contributed by atoms with Crippen molar-refractivity contribution in [2.24, 2.45) is 0 Å². The summed E-state index contributed by atoms with van der Waals surface area (Å²) in [6, 6.07) is 0. The fourth-order valence-corrected chi connectivity index (χ4v) is 6.43. The molecule has 0 aromatic rings. The van der Waals surface area contributed by atoms with Gasteiger partial charge in [-0.2, -0.15) is 0 Å². The van der Waals surface area contributed by atoms with Gasteiger partial charge in [0.2, 0.25) is 0 Å². The van der Waals surface area contributed by atoms with E-state index in [1.54, 1.807) is 0 Å². The molecule has 37 heavy (non-hydrogen) atoms. The molecule has 2 nitrogen and oxygen atoms in total. The summed E-state index contributed by atoms with van der Waals surface area (Å²) >= 11 is 0. The highest BCUT2D eigenvalue weighted by atomic mass is 15.4. The number of quaternary nitrogens is 2. The predicted molar refractivity (Wildman–Crippen MR) is 170 cm³/mol. The highest BCUT2D eigenvalue weighted by Gasteiger charge is 2.26. The van der Waals surface area contributed by atoms with Crippen molar-refractivity contribution in [3.05, 3.63) is 0 Å². The minimum absolute atomic E-state index is 1.36. The first-order valence-corrected chi connectivity index (χ1v) is 17.8. The van der Waals surface area contributed by atoms with Crippen molar-refractivity contribution in [1.29, 1.82) is 0 Å². The molecule has 0 unspecified atom stereocenters. The predicted octanol–water partition coefficient (Wildman–Crippen LogP) is 10.9. The Balaban J connectivity index is 4.22. The molecule has 0 aliphatic rings. The van der Waals surface area contributed by atoms with Crippen LogP contribution < -0.4 is 0 Å². The molecule has 0 radical (unpaired) electrons.